The first-order chi connectivity index (χ1) is 13.4. The number of aromatic nitrogens is 4. The molecule has 0 spiro atoms. The maximum Gasteiger partial charge on any atom is 0.433 e. The Morgan fingerprint density at radius 1 is 1.04 bits per heavy atom. The molecule has 0 fully saturated rings. The first-order valence-electron chi connectivity index (χ1n) is 8.18. The Kier molecular flexibility index (Phi) is 4.14. The summed E-state index contributed by atoms with van der Waals surface area (Å²) in [6.07, 6.45) is -0.120. The molecule has 0 aliphatic heterocycles. The van der Waals surface area contributed by atoms with E-state index in [1.807, 2.05) is 18.2 Å². The van der Waals surface area contributed by atoms with E-state index in [-0.39, 0.29) is 5.95 Å². The van der Waals surface area contributed by atoms with Crippen LogP contribution in [0.3, 0.4) is 0 Å². The monoisotopic (exact) mass is 385 g/mol. The molecule has 0 radical (unpaired) electrons. The largest absolute Gasteiger partial charge is 0.497 e. The van der Waals surface area contributed by atoms with Gasteiger partial charge in [0.1, 0.15) is 11.4 Å². The molecule has 0 unspecified atom stereocenters. The number of halogens is 3. The lowest BCUT2D eigenvalue weighted by Crippen LogP contribution is -2.07. The maximum atomic E-state index is 12.8. The van der Waals surface area contributed by atoms with E-state index >= 15 is 0 Å². The van der Waals surface area contributed by atoms with Crippen LogP contribution in [0.15, 0.2) is 48.9 Å². The lowest BCUT2D eigenvalue weighted by atomic mass is 10.0. The third-order valence-corrected chi connectivity index (χ3v) is 4.32. The van der Waals surface area contributed by atoms with Crippen LogP contribution in [-0.2, 0) is 6.18 Å². The van der Waals surface area contributed by atoms with Gasteiger partial charge in [-0.15, -0.1) is 0 Å². The number of ether oxygens (including phenoxy) is 1. The van der Waals surface area contributed by atoms with Gasteiger partial charge in [-0.05, 0) is 18.2 Å². The second-order valence-electron chi connectivity index (χ2n) is 6.03. The number of H-pyrrole nitrogens is 1. The molecule has 9 heteroatoms. The molecule has 142 valence electrons. The summed E-state index contributed by atoms with van der Waals surface area (Å²) in [5, 5.41) is 0.861. The van der Waals surface area contributed by atoms with Crippen molar-refractivity contribution in [2.24, 2.45) is 0 Å². The lowest BCUT2D eigenvalue weighted by molar-refractivity contribution is -0.141. The number of benzene rings is 1. The Labute approximate surface area is 157 Å². The first-order valence-corrected chi connectivity index (χ1v) is 8.18. The maximum absolute atomic E-state index is 12.8. The lowest BCUT2D eigenvalue weighted by Gasteiger charge is -2.10. The van der Waals surface area contributed by atoms with Crippen molar-refractivity contribution in [1.82, 2.24) is 19.9 Å². The summed E-state index contributed by atoms with van der Waals surface area (Å²) in [6.45, 7) is 0. The molecule has 1 aromatic carbocycles. The molecule has 3 N–H and O–H groups in total. The summed E-state index contributed by atoms with van der Waals surface area (Å²) in [4.78, 5) is 15.0. The van der Waals surface area contributed by atoms with Crippen molar-refractivity contribution in [3.05, 3.63) is 54.6 Å². The predicted molar refractivity (Wildman–Crippen MR) is 98.5 cm³/mol. The Hall–Kier alpha value is -3.62. The number of pyridine rings is 1. The van der Waals surface area contributed by atoms with E-state index in [1.165, 1.54) is 12.3 Å². The number of rotatable bonds is 3. The van der Waals surface area contributed by atoms with Crippen LogP contribution in [0.2, 0.25) is 0 Å². The fourth-order valence-corrected chi connectivity index (χ4v) is 2.96. The third-order valence-electron chi connectivity index (χ3n) is 4.32. The highest BCUT2D eigenvalue weighted by Crippen LogP contribution is 2.36. The molecule has 3 aromatic heterocycles. The van der Waals surface area contributed by atoms with Gasteiger partial charge in [0, 0.05) is 52.3 Å². The summed E-state index contributed by atoms with van der Waals surface area (Å²) in [5.41, 5.74) is 7.82. The number of nitrogen functional groups attached to an aromatic ring is 1. The molecule has 6 nitrogen and oxygen atoms in total. The van der Waals surface area contributed by atoms with Gasteiger partial charge in [-0.3, -0.25) is 4.98 Å². The molecule has 0 saturated heterocycles. The molecular formula is C19H14F3N5O. The van der Waals surface area contributed by atoms with Crippen LogP contribution in [0, 0.1) is 0 Å². The summed E-state index contributed by atoms with van der Waals surface area (Å²) in [7, 11) is 1.58. The van der Waals surface area contributed by atoms with Crippen LogP contribution in [0.25, 0.3) is 33.3 Å². The van der Waals surface area contributed by atoms with E-state index in [9.17, 15) is 13.2 Å². The average Bonchev–Trinajstić information content (AvgIpc) is 3.10. The molecule has 3 heterocycles. The van der Waals surface area contributed by atoms with Crippen LogP contribution in [0.4, 0.5) is 19.1 Å². The number of nitrogens with two attached hydrogens (primary N) is 1. The van der Waals surface area contributed by atoms with Gasteiger partial charge in [-0.1, -0.05) is 6.07 Å². The number of hydrogen-bond donors (Lipinski definition) is 2. The average molecular weight is 385 g/mol. The van der Waals surface area contributed by atoms with E-state index in [0.717, 1.165) is 28.7 Å². The number of alkyl halides is 3. The molecule has 0 saturated carbocycles. The number of aromatic amines is 1. The number of hydrogen-bond acceptors (Lipinski definition) is 5. The summed E-state index contributed by atoms with van der Waals surface area (Å²) < 4.78 is 43.6. The molecule has 0 aliphatic rings. The highest BCUT2D eigenvalue weighted by molar-refractivity contribution is 5.98. The van der Waals surface area contributed by atoms with Crippen molar-refractivity contribution in [2.75, 3.05) is 12.8 Å². The Morgan fingerprint density at radius 2 is 1.86 bits per heavy atom. The van der Waals surface area contributed by atoms with E-state index < -0.39 is 11.9 Å². The summed E-state index contributed by atoms with van der Waals surface area (Å²) in [6, 6.07) is 7.78. The van der Waals surface area contributed by atoms with Crippen LogP contribution in [0.1, 0.15) is 5.69 Å². The van der Waals surface area contributed by atoms with Crippen molar-refractivity contribution in [3.63, 3.8) is 0 Å². The van der Waals surface area contributed by atoms with Gasteiger partial charge in [0.15, 0.2) is 0 Å². The normalized spacial score (nSPS) is 11.7. The third kappa shape index (κ3) is 3.11. The standard InChI is InChI=1S/C19H14F3N5O/c1-28-11-3-4-12-14(9-24-15(12)6-11)17-13(8-26-18(23)27-17)10-2-5-16(25-7-10)19(20,21)22/h2-9,24H,1H3,(H2,23,26,27). The van der Waals surface area contributed by atoms with Crippen molar-refractivity contribution < 1.29 is 17.9 Å². The van der Waals surface area contributed by atoms with Gasteiger partial charge < -0.3 is 15.5 Å². The van der Waals surface area contributed by atoms with E-state index in [0.29, 0.717) is 22.6 Å². The second kappa shape index (κ2) is 6.52. The van der Waals surface area contributed by atoms with Gasteiger partial charge in [-0.25, -0.2) is 9.97 Å². The van der Waals surface area contributed by atoms with Gasteiger partial charge in [0.2, 0.25) is 5.95 Å². The Morgan fingerprint density at radius 3 is 2.54 bits per heavy atom. The Bertz CT molecular complexity index is 1150. The van der Waals surface area contributed by atoms with Crippen molar-refractivity contribution in [3.8, 4) is 28.1 Å². The second-order valence-corrected chi connectivity index (χ2v) is 6.03. The SMILES string of the molecule is COc1ccc2c(-c3nc(N)ncc3-c3ccc(C(F)(F)F)nc3)c[nH]c2c1. The van der Waals surface area contributed by atoms with Gasteiger partial charge in [-0.2, -0.15) is 13.2 Å². The highest BCUT2D eigenvalue weighted by Gasteiger charge is 2.32. The number of anilines is 1. The topological polar surface area (TPSA) is 89.7 Å². The van der Waals surface area contributed by atoms with E-state index in [1.54, 1.807) is 13.3 Å². The molecule has 0 aliphatic carbocycles. The molecule has 4 aromatic rings. The number of nitrogens with zero attached hydrogens (tertiary/aromatic N) is 3. The predicted octanol–water partition coefficient (Wildman–Crippen LogP) is 4.30. The molecular weight excluding hydrogens is 371 g/mol. The zero-order valence-corrected chi connectivity index (χ0v) is 14.6. The summed E-state index contributed by atoms with van der Waals surface area (Å²) >= 11 is 0. The van der Waals surface area contributed by atoms with Crippen LogP contribution in [-0.4, -0.2) is 27.0 Å². The zero-order valence-electron chi connectivity index (χ0n) is 14.6. The van der Waals surface area contributed by atoms with Crippen molar-refractivity contribution in [1.29, 1.82) is 0 Å². The molecule has 28 heavy (non-hydrogen) atoms. The fourth-order valence-electron chi connectivity index (χ4n) is 2.96. The molecule has 0 atom stereocenters. The minimum absolute atomic E-state index is 0.0569. The van der Waals surface area contributed by atoms with Gasteiger partial charge in [0.05, 0.1) is 12.8 Å². The molecule has 0 bridgehead atoms. The number of methoxy groups -OCH3 is 1. The van der Waals surface area contributed by atoms with Crippen LogP contribution < -0.4 is 10.5 Å². The minimum atomic E-state index is -4.51. The van der Waals surface area contributed by atoms with E-state index in [2.05, 4.69) is 19.9 Å². The minimum Gasteiger partial charge on any atom is -0.497 e. The highest BCUT2D eigenvalue weighted by atomic mass is 19.4. The van der Waals surface area contributed by atoms with Gasteiger partial charge >= 0.3 is 6.18 Å². The van der Waals surface area contributed by atoms with Gasteiger partial charge in [0.25, 0.3) is 0 Å². The number of nitrogens with one attached hydrogen (secondary N) is 1. The number of fused-ring (bicyclic) bond motifs is 1. The van der Waals surface area contributed by atoms with Crippen LogP contribution >= 0.6 is 0 Å². The zero-order chi connectivity index (χ0) is 19.9. The fraction of sp³-hybridized carbons (Fsp3) is 0.105. The smallest absolute Gasteiger partial charge is 0.433 e. The van der Waals surface area contributed by atoms with Crippen LogP contribution in [0.5, 0.6) is 5.75 Å². The first kappa shape index (κ1) is 17.8. The quantitative estimate of drug-likeness (QED) is 0.549. The molecule has 4 rings (SSSR count). The summed E-state index contributed by atoms with van der Waals surface area (Å²) in [5.74, 6) is 0.747. The van der Waals surface area contributed by atoms with E-state index in [4.69, 9.17) is 10.5 Å². The van der Waals surface area contributed by atoms with Crippen molar-refractivity contribution >= 4 is 16.9 Å². The Balaban J connectivity index is 1.86. The van der Waals surface area contributed by atoms with Crippen molar-refractivity contribution in [2.45, 2.75) is 6.18 Å². The molecule has 0 amide bonds.